The number of rotatable bonds is 3. The quantitative estimate of drug-likeness (QED) is 0.874. The molecule has 0 bridgehead atoms. The lowest BCUT2D eigenvalue weighted by Gasteiger charge is -2.05. The van der Waals surface area contributed by atoms with Gasteiger partial charge in [-0.05, 0) is 35.0 Å². The van der Waals surface area contributed by atoms with Crippen LogP contribution < -0.4 is 5.73 Å². The number of carbonyl (C=O) groups excluding carboxylic acids is 1. The van der Waals surface area contributed by atoms with E-state index in [-0.39, 0.29) is 18.1 Å². The first-order chi connectivity index (χ1) is 8.65. The van der Waals surface area contributed by atoms with Crippen LogP contribution >= 0.6 is 15.9 Å². The third-order valence-corrected chi connectivity index (χ3v) is 2.92. The molecule has 0 fully saturated rings. The molecule has 0 saturated carbocycles. The molecule has 0 aliphatic rings. The first kappa shape index (κ1) is 12.6. The van der Waals surface area contributed by atoms with Gasteiger partial charge in [0.05, 0.1) is 12.3 Å². The van der Waals surface area contributed by atoms with Crippen molar-refractivity contribution in [1.82, 2.24) is 15.0 Å². The molecule has 0 spiro atoms. The highest BCUT2D eigenvalue weighted by atomic mass is 79.9. The number of nitrogen functional groups attached to an aromatic ring is 1. The lowest BCUT2D eigenvalue weighted by molar-refractivity contribution is 0.0520. The number of carbonyl (C=O) groups is 1. The van der Waals surface area contributed by atoms with Crippen LogP contribution in [0.15, 0.2) is 28.7 Å². The van der Waals surface area contributed by atoms with E-state index in [0.29, 0.717) is 5.69 Å². The Kier molecular flexibility index (Phi) is 3.61. The minimum Gasteiger partial charge on any atom is -0.461 e. The average Bonchev–Trinajstić information content (AvgIpc) is 2.72. The van der Waals surface area contributed by atoms with Crippen molar-refractivity contribution in [2.75, 3.05) is 12.3 Å². The molecule has 0 radical (unpaired) electrons. The lowest BCUT2D eigenvalue weighted by atomic mass is 10.3. The minimum atomic E-state index is -0.576. The van der Waals surface area contributed by atoms with Gasteiger partial charge in [-0.15, -0.1) is 5.10 Å². The van der Waals surface area contributed by atoms with E-state index in [1.54, 1.807) is 6.92 Å². The summed E-state index contributed by atoms with van der Waals surface area (Å²) in [6.07, 6.45) is 0. The number of halogens is 1. The lowest BCUT2D eigenvalue weighted by Crippen LogP contribution is -2.09. The zero-order valence-electron chi connectivity index (χ0n) is 9.63. The number of benzene rings is 1. The van der Waals surface area contributed by atoms with Crippen molar-refractivity contribution in [3.8, 4) is 5.69 Å². The van der Waals surface area contributed by atoms with Crippen molar-refractivity contribution in [3.05, 3.63) is 34.4 Å². The molecule has 0 aliphatic carbocycles. The maximum Gasteiger partial charge on any atom is 0.362 e. The van der Waals surface area contributed by atoms with Crippen LogP contribution in [0.3, 0.4) is 0 Å². The van der Waals surface area contributed by atoms with Gasteiger partial charge in [-0.25, -0.2) is 4.79 Å². The summed E-state index contributed by atoms with van der Waals surface area (Å²) in [4.78, 5) is 11.6. The number of hydrogen-bond donors (Lipinski definition) is 1. The van der Waals surface area contributed by atoms with Crippen LogP contribution in [0, 0.1) is 0 Å². The number of ether oxygens (including phenoxy) is 1. The van der Waals surface area contributed by atoms with E-state index in [1.807, 2.05) is 24.3 Å². The Hall–Kier alpha value is -1.89. The van der Waals surface area contributed by atoms with E-state index in [1.165, 1.54) is 4.68 Å². The Morgan fingerprint density at radius 1 is 1.50 bits per heavy atom. The second kappa shape index (κ2) is 5.18. The number of para-hydroxylation sites is 1. The Morgan fingerprint density at radius 3 is 2.89 bits per heavy atom. The number of nitrogens with two attached hydrogens (primary N) is 1. The van der Waals surface area contributed by atoms with Crippen molar-refractivity contribution >= 4 is 27.7 Å². The van der Waals surface area contributed by atoms with Crippen LogP contribution in [0.4, 0.5) is 5.82 Å². The van der Waals surface area contributed by atoms with E-state index in [9.17, 15) is 4.79 Å². The molecule has 0 amide bonds. The SMILES string of the molecule is CCOC(=O)c1nnn(-c2ccccc2Br)c1N. The molecule has 6 nitrogen and oxygen atoms in total. The van der Waals surface area contributed by atoms with Crippen LogP contribution in [0.5, 0.6) is 0 Å². The normalized spacial score (nSPS) is 10.3. The average molecular weight is 311 g/mol. The van der Waals surface area contributed by atoms with E-state index < -0.39 is 5.97 Å². The van der Waals surface area contributed by atoms with Crippen molar-refractivity contribution < 1.29 is 9.53 Å². The number of nitrogens with zero attached hydrogens (tertiary/aromatic N) is 3. The Balaban J connectivity index is 2.43. The van der Waals surface area contributed by atoms with Gasteiger partial charge in [0.25, 0.3) is 0 Å². The minimum absolute atomic E-state index is 0.0209. The molecule has 2 aromatic rings. The fourth-order valence-electron chi connectivity index (χ4n) is 1.44. The van der Waals surface area contributed by atoms with Gasteiger partial charge in [0, 0.05) is 4.47 Å². The molecule has 0 atom stereocenters. The number of aromatic nitrogens is 3. The molecule has 0 unspecified atom stereocenters. The van der Waals surface area contributed by atoms with Crippen LogP contribution in [0.25, 0.3) is 5.69 Å². The highest BCUT2D eigenvalue weighted by Gasteiger charge is 2.19. The van der Waals surface area contributed by atoms with E-state index in [0.717, 1.165) is 4.47 Å². The van der Waals surface area contributed by atoms with Gasteiger partial charge >= 0.3 is 5.97 Å². The summed E-state index contributed by atoms with van der Waals surface area (Å²) in [5, 5.41) is 7.61. The van der Waals surface area contributed by atoms with Crippen LogP contribution in [0.2, 0.25) is 0 Å². The van der Waals surface area contributed by atoms with Gasteiger partial charge in [0.15, 0.2) is 5.82 Å². The maximum atomic E-state index is 11.6. The summed E-state index contributed by atoms with van der Waals surface area (Å²) in [5.74, 6) is -0.423. The highest BCUT2D eigenvalue weighted by molar-refractivity contribution is 9.10. The number of hydrogen-bond acceptors (Lipinski definition) is 5. The fraction of sp³-hybridized carbons (Fsp3) is 0.182. The number of anilines is 1. The third kappa shape index (κ3) is 2.21. The van der Waals surface area contributed by atoms with Gasteiger partial charge in [0.1, 0.15) is 0 Å². The molecule has 7 heteroatoms. The molecule has 0 saturated heterocycles. The van der Waals surface area contributed by atoms with E-state index in [2.05, 4.69) is 26.2 Å². The summed E-state index contributed by atoms with van der Waals surface area (Å²) < 4.78 is 7.03. The molecule has 0 aliphatic heterocycles. The molecular formula is C11H11BrN4O2. The monoisotopic (exact) mass is 310 g/mol. The molecule has 1 heterocycles. The summed E-state index contributed by atoms with van der Waals surface area (Å²) in [6, 6.07) is 7.36. The summed E-state index contributed by atoms with van der Waals surface area (Å²) in [5.41, 5.74) is 6.58. The zero-order chi connectivity index (χ0) is 13.1. The van der Waals surface area contributed by atoms with Gasteiger partial charge < -0.3 is 10.5 Å². The molecular weight excluding hydrogens is 300 g/mol. The zero-order valence-corrected chi connectivity index (χ0v) is 11.2. The second-order valence-corrected chi connectivity index (χ2v) is 4.26. The fourth-order valence-corrected chi connectivity index (χ4v) is 1.89. The van der Waals surface area contributed by atoms with Crippen molar-refractivity contribution in [1.29, 1.82) is 0 Å². The van der Waals surface area contributed by atoms with Gasteiger partial charge in [-0.1, -0.05) is 17.3 Å². The van der Waals surface area contributed by atoms with Gasteiger partial charge in [0.2, 0.25) is 5.69 Å². The van der Waals surface area contributed by atoms with Crippen LogP contribution in [-0.4, -0.2) is 27.6 Å². The van der Waals surface area contributed by atoms with E-state index in [4.69, 9.17) is 10.5 Å². The summed E-state index contributed by atoms with van der Waals surface area (Å²) in [6.45, 7) is 1.98. The van der Waals surface area contributed by atoms with E-state index >= 15 is 0 Å². The van der Waals surface area contributed by atoms with Crippen molar-refractivity contribution in [2.45, 2.75) is 6.92 Å². The Bertz CT molecular complexity index is 582. The van der Waals surface area contributed by atoms with Gasteiger partial charge in [-0.3, -0.25) is 0 Å². The molecule has 94 valence electrons. The summed E-state index contributed by atoms with van der Waals surface area (Å²) in [7, 11) is 0. The second-order valence-electron chi connectivity index (χ2n) is 3.41. The van der Waals surface area contributed by atoms with Crippen molar-refractivity contribution in [2.24, 2.45) is 0 Å². The topological polar surface area (TPSA) is 83.0 Å². The number of esters is 1. The molecule has 2 rings (SSSR count). The standard InChI is InChI=1S/C11H11BrN4O2/c1-2-18-11(17)9-10(13)16(15-14-9)8-6-4-3-5-7(8)12/h3-6H,2,13H2,1H3. The largest absolute Gasteiger partial charge is 0.461 e. The molecule has 1 aromatic carbocycles. The smallest absolute Gasteiger partial charge is 0.362 e. The maximum absolute atomic E-state index is 11.6. The molecule has 18 heavy (non-hydrogen) atoms. The summed E-state index contributed by atoms with van der Waals surface area (Å²) >= 11 is 3.38. The highest BCUT2D eigenvalue weighted by Crippen LogP contribution is 2.23. The van der Waals surface area contributed by atoms with Crippen LogP contribution in [0.1, 0.15) is 17.4 Å². The molecule has 1 aromatic heterocycles. The Labute approximate surface area is 112 Å². The third-order valence-electron chi connectivity index (χ3n) is 2.25. The first-order valence-electron chi connectivity index (χ1n) is 5.28. The predicted molar refractivity (Wildman–Crippen MR) is 69.4 cm³/mol. The molecule has 2 N–H and O–H groups in total. The van der Waals surface area contributed by atoms with Crippen molar-refractivity contribution in [3.63, 3.8) is 0 Å². The van der Waals surface area contributed by atoms with Gasteiger partial charge in [-0.2, -0.15) is 4.68 Å². The predicted octanol–water partition coefficient (Wildman–Crippen LogP) is 1.79. The first-order valence-corrected chi connectivity index (χ1v) is 6.07. The van der Waals surface area contributed by atoms with Crippen LogP contribution in [-0.2, 0) is 4.74 Å². The Morgan fingerprint density at radius 2 is 2.22 bits per heavy atom.